The number of ether oxygens (including phenoxy) is 1. The molecule has 38 heavy (non-hydrogen) atoms. The fourth-order valence-electron chi connectivity index (χ4n) is 5.92. The number of aromatic nitrogens is 3. The monoisotopic (exact) mass is 674 g/mol. The maximum absolute atomic E-state index is 5.58. The second-order valence-corrected chi connectivity index (χ2v) is 9.85. The summed E-state index contributed by atoms with van der Waals surface area (Å²) in [5.74, 6) is 2.66. The minimum Gasteiger partial charge on any atom is -0.533 e. The molecule has 3 aromatic carbocycles. The predicted octanol–water partition coefficient (Wildman–Crippen LogP) is 7.53. The minimum atomic E-state index is 0. The van der Waals surface area contributed by atoms with Crippen molar-refractivity contribution in [3.8, 4) is 28.4 Å². The Hall–Kier alpha value is -3.53. The Labute approximate surface area is 236 Å². The van der Waals surface area contributed by atoms with E-state index in [1.165, 1.54) is 36.8 Å². The summed E-state index contributed by atoms with van der Waals surface area (Å²) in [6.45, 7) is 1.53. The van der Waals surface area contributed by atoms with E-state index in [-0.39, 0.29) is 20.1 Å². The van der Waals surface area contributed by atoms with Crippen LogP contribution in [-0.2, 0) is 33.3 Å². The summed E-state index contributed by atoms with van der Waals surface area (Å²) >= 11 is 0. The van der Waals surface area contributed by atoms with Crippen LogP contribution in [0.2, 0.25) is 0 Å². The number of rotatable bonds is 2. The zero-order valence-corrected chi connectivity index (χ0v) is 23.4. The van der Waals surface area contributed by atoms with Crippen molar-refractivity contribution < 1.29 is 24.8 Å². The van der Waals surface area contributed by atoms with Crippen LogP contribution in [0.1, 0.15) is 36.8 Å². The van der Waals surface area contributed by atoms with Gasteiger partial charge >= 0.3 is 0 Å². The number of imidazole rings is 1. The molecule has 5 heteroatoms. The third kappa shape index (κ3) is 4.40. The van der Waals surface area contributed by atoms with Crippen molar-refractivity contribution in [1.29, 1.82) is 0 Å². The fourth-order valence-corrected chi connectivity index (χ4v) is 5.92. The van der Waals surface area contributed by atoms with Crippen LogP contribution >= 0.6 is 0 Å². The van der Waals surface area contributed by atoms with Gasteiger partial charge in [-0.05, 0) is 47.7 Å². The van der Waals surface area contributed by atoms with E-state index < -0.39 is 0 Å². The summed E-state index contributed by atoms with van der Waals surface area (Å²) in [6, 6.07) is 30.9. The van der Waals surface area contributed by atoms with Gasteiger partial charge in [0.25, 0.3) is 0 Å². The Kier molecular flexibility index (Phi) is 6.97. The molecule has 0 bridgehead atoms. The molecule has 1 fully saturated rings. The summed E-state index contributed by atoms with van der Waals surface area (Å²) in [4.78, 5) is 9.26. The van der Waals surface area contributed by atoms with E-state index in [4.69, 9.17) is 9.72 Å². The van der Waals surface area contributed by atoms with E-state index in [9.17, 15) is 0 Å². The molecule has 3 aliphatic rings. The van der Waals surface area contributed by atoms with Crippen LogP contribution in [0, 0.1) is 18.1 Å². The van der Waals surface area contributed by atoms with Crippen LogP contribution in [0.4, 0.5) is 0 Å². The van der Waals surface area contributed by atoms with Gasteiger partial charge in [0.2, 0.25) is 0 Å². The van der Waals surface area contributed by atoms with Gasteiger partial charge in [-0.25, -0.2) is 0 Å². The van der Waals surface area contributed by atoms with Gasteiger partial charge in [-0.2, -0.15) is 0 Å². The second kappa shape index (κ2) is 10.7. The number of hydrogen-bond acceptors (Lipinski definition) is 3. The van der Waals surface area contributed by atoms with Crippen LogP contribution in [-0.4, -0.2) is 14.5 Å². The molecule has 8 rings (SSSR count). The van der Waals surface area contributed by atoms with Crippen molar-refractivity contribution >= 4 is 16.6 Å². The van der Waals surface area contributed by atoms with Gasteiger partial charge in [0, 0.05) is 44.2 Å². The Morgan fingerprint density at radius 1 is 0.895 bits per heavy atom. The van der Waals surface area contributed by atoms with E-state index in [0.717, 1.165) is 51.9 Å². The summed E-state index contributed by atoms with van der Waals surface area (Å²) in [6.07, 6.45) is 9.68. The molecule has 5 aromatic rings. The average Bonchev–Trinajstić information content (AvgIpc) is 3.64. The molecule has 2 aliphatic heterocycles. The van der Waals surface area contributed by atoms with Gasteiger partial charge in [-0.15, -0.1) is 60.2 Å². The minimum absolute atomic E-state index is 0. The smallest absolute Gasteiger partial charge is 0.0942 e. The number of nitrogens with zero attached hydrogens (tertiary/aromatic N) is 3. The van der Waals surface area contributed by atoms with Crippen LogP contribution in [0.3, 0.4) is 0 Å². The number of allylic oxidation sites excluding steroid dienone is 2. The van der Waals surface area contributed by atoms with Gasteiger partial charge in [0.1, 0.15) is 0 Å². The molecular formula is C33H27IrN3O-2. The SMILES string of the molecule is [Ir].[c-]1cccc2c1-c1ncccc1CO2.[c-]1ccccc1-c1nc2cccc3c2n1CC=C3C1CCCC1. The van der Waals surface area contributed by atoms with Crippen molar-refractivity contribution in [3.05, 3.63) is 108 Å². The van der Waals surface area contributed by atoms with Crippen molar-refractivity contribution in [2.24, 2.45) is 5.92 Å². The predicted molar refractivity (Wildman–Crippen MR) is 147 cm³/mol. The number of hydrogen-bond donors (Lipinski definition) is 0. The van der Waals surface area contributed by atoms with Crippen LogP contribution in [0.15, 0.2) is 85.1 Å². The third-order valence-corrected chi connectivity index (χ3v) is 7.65. The van der Waals surface area contributed by atoms with Crippen LogP contribution < -0.4 is 4.74 Å². The van der Waals surface area contributed by atoms with Crippen LogP contribution in [0.5, 0.6) is 5.75 Å². The first-order valence-electron chi connectivity index (χ1n) is 13.1. The van der Waals surface area contributed by atoms with Gasteiger partial charge < -0.3 is 14.3 Å². The molecule has 0 saturated heterocycles. The molecule has 4 nitrogen and oxygen atoms in total. The zero-order valence-electron chi connectivity index (χ0n) is 21.0. The van der Waals surface area contributed by atoms with Gasteiger partial charge in [-0.3, -0.25) is 4.98 Å². The molecule has 1 radical (unpaired) electrons. The molecule has 1 saturated carbocycles. The van der Waals surface area contributed by atoms with Crippen molar-refractivity contribution in [2.75, 3.05) is 0 Å². The molecule has 0 atom stereocenters. The standard InChI is InChI=1S/C21H19N2.C12H8NO.Ir/c1-2-9-16(10-3-1)21-22-19-12-6-11-18-17(15-7-4-5-8-15)13-14-23(21)20(18)19;1-2-6-11-10(5-1)12-9(8-14-11)4-3-7-13-12;/h1-3,6,9,11-13,15H,4-5,7-8,14H2;1-4,6-7H,8H2;/q2*-1;. The topological polar surface area (TPSA) is 39.9 Å². The van der Waals surface area contributed by atoms with E-state index in [0.29, 0.717) is 6.61 Å². The Bertz CT molecular complexity index is 1570. The van der Waals surface area contributed by atoms with Gasteiger partial charge in [-0.1, -0.05) is 42.7 Å². The fraction of sp³-hybridized carbons (Fsp3) is 0.212. The molecule has 0 unspecified atom stereocenters. The number of benzene rings is 3. The first-order chi connectivity index (χ1) is 18.4. The quantitative estimate of drug-likeness (QED) is 0.182. The molecule has 4 heterocycles. The average molecular weight is 674 g/mol. The maximum atomic E-state index is 5.58. The number of pyridine rings is 1. The van der Waals surface area contributed by atoms with Crippen molar-refractivity contribution in [1.82, 2.24) is 14.5 Å². The van der Waals surface area contributed by atoms with E-state index in [1.807, 2.05) is 42.5 Å². The summed E-state index contributed by atoms with van der Waals surface area (Å²) in [5, 5.41) is 0. The van der Waals surface area contributed by atoms with Crippen molar-refractivity contribution in [2.45, 2.75) is 38.8 Å². The number of para-hydroxylation sites is 1. The largest absolute Gasteiger partial charge is 0.533 e. The second-order valence-electron chi connectivity index (χ2n) is 9.85. The van der Waals surface area contributed by atoms with Gasteiger partial charge in [0.15, 0.2) is 0 Å². The van der Waals surface area contributed by atoms with Crippen molar-refractivity contribution in [3.63, 3.8) is 0 Å². The first-order valence-corrected chi connectivity index (χ1v) is 13.1. The molecule has 191 valence electrons. The molecular weight excluding hydrogens is 647 g/mol. The first kappa shape index (κ1) is 24.8. The zero-order chi connectivity index (χ0) is 24.6. The van der Waals surface area contributed by atoms with Crippen LogP contribution in [0.25, 0.3) is 39.3 Å². The molecule has 1 aliphatic carbocycles. The summed E-state index contributed by atoms with van der Waals surface area (Å²) < 4.78 is 7.93. The Morgan fingerprint density at radius 3 is 2.66 bits per heavy atom. The van der Waals surface area contributed by atoms with E-state index >= 15 is 0 Å². The maximum Gasteiger partial charge on any atom is 0.0942 e. The summed E-state index contributed by atoms with van der Waals surface area (Å²) in [5.41, 5.74) is 9.54. The molecule has 2 aromatic heterocycles. The van der Waals surface area contributed by atoms with E-state index in [2.05, 4.69) is 58.1 Å². The molecule has 0 N–H and O–H groups in total. The Balaban J connectivity index is 0.000000152. The number of fused-ring (bicyclic) bond motifs is 3. The molecule has 0 spiro atoms. The van der Waals surface area contributed by atoms with E-state index in [1.54, 1.807) is 11.8 Å². The van der Waals surface area contributed by atoms with Gasteiger partial charge in [0.05, 0.1) is 23.5 Å². The summed E-state index contributed by atoms with van der Waals surface area (Å²) in [7, 11) is 0. The Morgan fingerprint density at radius 2 is 1.79 bits per heavy atom. The normalized spacial score (nSPS) is 15.3. The third-order valence-electron chi connectivity index (χ3n) is 7.65. The molecule has 0 amide bonds.